The molecular weight excluding hydrogens is 236 g/mol. The summed E-state index contributed by atoms with van der Waals surface area (Å²) in [5, 5.41) is -0.514. The number of carbonyl (C=O) groups is 1. The van der Waals surface area contributed by atoms with Crippen LogP contribution in [-0.4, -0.2) is 19.5 Å². The summed E-state index contributed by atoms with van der Waals surface area (Å²) in [6, 6.07) is 8.00. The zero-order valence-electron chi connectivity index (χ0n) is 10.4. The van der Waals surface area contributed by atoms with Crippen LogP contribution in [0.2, 0.25) is 0 Å². The van der Waals surface area contributed by atoms with Gasteiger partial charge >= 0.3 is 0 Å². The largest absolute Gasteiger partial charge is 0.293 e. The predicted molar refractivity (Wildman–Crippen MR) is 65.6 cm³/mol. The summed E-state index contributed by atoms with van der Waals surface area (Å²) >= 11 is 0. The Labute approximate surface area is 103 Å². The molecule has 1 aromatic carbocycles. The second-order valence-corrected chi connectivity index (χ2v) is 6.99. The fourth-order valence-corrected chi connectivity index (χ4v) is 2.33. The third-order valence-corrected chi connectivity index (χ3v) is 4.58. The van der Waals surface area contributed by atoms with Crippen LogP contribution in [-0.2, 0) is 9.84 Å². The summed E-state index contributed by atoms with van der Waals surface area (Å²) in [5.41, 5.74) is 0.279. The Balaban J connectivity index is 3.24. The molecule has 1 rings (SSSR count). The van der Waals surface area contributed by atoms with Crippen molar-refractivity contribution in [1.29, 1.82) is 0 Å². The number of ketones is 1. The maximum absolute atomic E-state index is 11.9. The van der Waals surface area contributed by atoms with Crippen LogP contribution >= 0.6 is 0 Å². The van der Waals surface area contributed by atoms with Crippen LogP contribution in [0.4, 0.5) is 0 Å². The fraction of sp³-hybridized carbons (Fsp3) is 0.462. The van der Waals surface area contributed by atoms with Crippen molar-refractivity contribution in [2.24, 2.45) is 5.92 Å². The molecule has 4 heteroatoms. The van der Waals surface area contributed by atoms with Gasteiger partial charge in [-0.05, 0) is 19.9 Å². The quantitative estimate of drug-likeness (QED) is 0.773. The molecule has 1 aromatic rings. The lowest BCUT2D eigenvalue weighted by atomic mass is 10.0. The van der Waals surface area contributed by atoms with E-state index in [0.717, 1.165) is 0 Å². The van der Waals surface area contributed by atoms with Gasteiger partial charge in [0.05, 0.1) is 15.7 Å². The Kier molecular flexibility index (Phi) is 3.94. The summed E-state index contributed by atoms with van der Waals surface area (Å²) in [6.07, 6.45) is 0. The Morgan fingerprint density at radius 1 is 1.24 bits per heavy atom. The van der Waals surface area contributed by atoms with E-state index in [1.54, 1.807) is 27.7 Å². The Morgan fingerprint density at radius 3 is 2.29 bits per heavy atom. The topological polar surface area (TPSA) is 51.2 Å². The van der Waals surface area contributed by atoms with Crippen molar-refractivity contribution in [1.82, 2.24) is 0 Å². The van der Waals surface area contributed by atoms with E-state index >= 15 is 0 Å². The van der Waals surface area contributed by atoms with Crippen molar-refractivity contribution in [2.75, 3.05) is 0 Å². The Morgan fingerprint density at radius 2 is 1.82 bits per heavy atom. The average Bonchev–Trinajstić information content (AvgIpc) is 2.27. The van der Waals surface area contributed by atoms with Gasteiger partial charge in [0.25, 0.3) is 0 Å². The van der Waals surface area contributed by atoms with Crippen molar-refractivity contribution >= 4 is 15.6 Å². The molecule has 0 amide bonds. The molecule has 0 atom stereocenters. The molecule has 3 nitrogen and oxygen atoms in total. The highest BCUT2D eigenvalue weighted by Crippen LogP contribution is 2.17. The summed E-state index contributed by atoms with van der Waals surface area (Å²) in [7, 11) is -3.36. The molecule has 0 saturated carbocycles. The molecule has 92 valence electrons. The van der Waals surface area contributed by atoms with Crippen molar-refractivity contribution < 1.29 is 13.2 Å². The van der Waals surface area contributed by atoms with Crippen molar-refractivity contribution in [2.45, 2.75) is 37.8 Å². The minimum atomic E-state index is -3.36. The molecule has 0 saturated heterocycles. The molecule has 0 aliphatic carbocycles. The van der Waals surface area contributed by atoms with Gasteiger partial charge in [0.1, 0.15) is 0 Å². The highest BCUT2D eigenvalue weighted by molar-refractivity contribution is 7.92. The molecule has 0 spiro atoms. The molecule has 0 unspecified atom stereocenters. The van der Waals surface area contributed by atoms with Gasteiger partial charge in [-0.3, -0.25) is 4.79 Å². The van der Waals surface area contributed by atoms with E-state index in [1.807, 2.05) is 0 Å². The van der Waals surface area contributed by atoms with Gasteiger partial charge in [-0.15, -0.1) is 0 Å². The fourth-order valence-electron chi connectivity index (χ4n) is 1.29. The van der Waals surface area contributed by atoms with E-state index in [0.29, 0.717) is 0 Å². The molecule has 17 heavy (non-hydrogen) atoms. The van der Waals surface area contributed by atoms with Crippen LogP contribution in [0, 0.1) is 18.1 Å². The number of Topliss-reactive ketones (excluding diaryl/α,β-unsaturated/α-hetero) is 1. The lowest BCUT2D eigenvalue weighted by Crippen LogP contribution is -2.15. The van der Waals surface area contributed by atoms with E-state index in [2.05, 4.69) is 12.1 Å². The second-order valence-electron chi connectivity index (χ2n) is 4.49. The molecule has 0 bridgehead atoms. The molecule has 0 heterocycles. The van der Waals surface area contributed by atoms with Crippen LogP contribution in [0.1, 0.15) is 38.1 Å². The van der Waals surface area contributed by atoms with Crippen molar-refractivity contribution in [3.63, 3.8) is 0 Å². The monoisotopic (exact) mass is 252 g/mol. The first kappa shape index (κ1) is 13.7. The lowest BCUT2D eigenvalue weighted by molar-refractivity contribution is 0.0939. The molecule has 0 aliphatic rings. The summed E-state index contributed by atoms with van der Waals surface area (Å²) in [4.78, 5) is 11.9. The van der Waals surface area contributed by atoms with Gasteiger partial charge in [-0.2, -0.15) is 0 Å². The van der Waals surface area contributed by atoms with E-state index in [-0.39, 0.29) is 22.2 Å². The third kappa shape index (κ3) is 2.86. The predicted octanol–water partition coefficient (Wildman–Crippen LogP) is 2.31. The van der Waals surface area contributed by atoms with Crippen molar-refractivity contribution in [3.8, 4) is 0 Å². The summed E-state index contributed by atoms with van der Waals surface area (Å²) in [5.74, 6) is -0.307. The number of hydrogen-bond donors (Lipinski definition) is 0. The molecular formula is C13H16O3S. The maximum Gasteiger partial charge on any atom is 0.181 e. The normalized spacial score (nSPS) is 11.6. The highest BCUT2D eigenvalue weighted by Gasteiger charge is 2.20. The van der Waals surface area contributed by atoms with E-state index < -0.39 is 15.1 Å². The van der Waals surface area contributed by atoms with Crippen LogP contribution in [0.25, 0.3) is 0 Å². The van der Waals surface area contributed by atoms with E-state index in [4.69, 9.17) is 0 Å². The average molecular weight is 252 g/mol. The van der Waals surface area contributed by atoms with Gasteiger partial charge in [0.15, 0.2) is 15.6 Å². The number of carbonyl (C=O) groups excluding carboxylic acids is 1. The van der Waals surface area contributed by atoms with Crippen LogP contribution in [0.3, 0.4) is 0 Å². The zero-order chi connectivity index (χ0) is 13.2. The second kappa shape index (κ2) is 4.89. The highest BCUT2D eigenvalue weighted by atomic mass is 32.2. The van der Waals surface area contributed by atoms with Gasteiger partial charge in [0.2, 0.25) is 0 Å². The number of rotatable bonds is 4. The van der Waals surface area contributed by atoms with Gasteiger partial charge in [-0.25, -0.2) is 8.42 Å². The first-order valence-electron chi connectivity index (χ1n) is 5.48. The van der Waals surface area contributed by atoms with E-state index in [9.17, 15) is 13.2 Å². The first-order valence-corrected chi connectivity index (χ1v) is 7.03. The van der Waals surface area contributed by atoms with Gasteiger partial charge in [-0.1, -0.05) is 26.0 Å². The SMILES string of the molecule is CC(C)C(=O)c1c#ccc(S(=O)(=O)C(C)C)c1. The zero-order valence-corrected chi connectivity index (χ0v) is 11.3. The Bertz CT molecular complexity index is 513. The number of sulfone groups is 1. The smallest absolute Gasteiger partial charge is 0.181 e. The molecule has 0 radical (unpaired) electrons. The van der Waals surface area contributed by atoms with Gasteiger partial charge in [0, 0.05) is 12.0 Å². The summed E-state index contributed by atoms with van der Waals surface area (Å²) in [6.45, 7) is 6.74. The molecule has 0 N–H and O–H groups in total. The standard InChI is InChI=1S/C13H16O3S/c1-9(2)13(14)11-6-5-7-12(8-11)17(15,16)10(3)4/h7-10H,1-4H3. The number of hydrogen-bond acceptors (Lipinski definition) is 3. The minimum absolute atomic E-state index is 0.123. The van der Waals surface area contributed by atoms with E-state index in [1.165, 1.54) is 12.1 Å². The Hall–Kier alpha value is -1.34. The van der Waals surface area contributed by atoms with Crippen LogP contribution in [0.5, 0.6) is 0 Å². The van der Waals surface area contributed by atoms with Crippen LogP contribution < -0.4 is 0 Å². The first-order chi connectivity index (χ1) is 7.76. The minimum Gasteiger partial charge on any atom is -0.293 e. The van der Waals surface area contributed by atoms with Gasteiger partial charge < -0.3 is 0 Å². The molecule has 0 aromatic heterocycles. The maximum atomic E-state index is 11.9. The summed E-state index contributed by atoms with van der Waals surface area (Å²) < 4.78 is 23.9. The third-order valence-electron chi connectivity index (χ3n) is 2.45. The lowest BCUT2D eigenvalue weighted by Gasteiger charge is -2.08. The molecule has 0 aliphatic heterocycles. The van der Waals surface area contributed by atoms with Crippen LogP contribution in [0.15, 0.2) is 17.0 Å². The molecule has 0 fully saturated rings. The van der Waals surface area contributed by atoms with Crippen molar-refractivity contribution in [3.05, 3.63) is 29.8 Å².